The highest BCUT2D eigenvalue weighted by atomic mass is 32.1. The Labute approximate surface area is 161 Å². The number of carbonyl (C=O) groups excluding carboxylic acids is 2. The number of aromatic nitrogens is 1. The van der Waals surface area contributed by atoms with Crippen LogP contribution in [0.1, 0.15) is 28.4 Å². The van der Waals surface area contributed by atoms with E-state index in [1.165, 1.54) is 16.9 Å². The molecule has 0 fully saturated rings. The van der Waals surface area contributed by atoms with Crippen LogP contribution in [0.25, 0.3) is 11.3 Å². The van der Waals surface area contributed by atoms with Crippen molar-refractivity contribution in [1.29, 1.82) is 0 Å². The van der Waals surface area contributed by atoms with Crippen LogP contribution in [0.4, 0.5) is 10.8 Å². The smallest absolute Gasteiger partial charge is 0.257 e. The van der Waals surface area contributed by atoms with Gasteiger partial charge in [-0.05, 0) is 37.1 Å². The lowest BCUT2D eigenvalue weighted by atomic mass is 10.1. The summed E-state index contributed by atoms with van der Waals surface area (Å²) >= 11 is 1.41. The minimum absolute atomic E-state index is 0.0253. The van der Waals surface area contributed by atoms with Gasteiger partial charge in [-0.1, -0.05) is 29.8 Å². The van der Waals surface area contributed by atoms with Gasteiger partial charge in [0.2, 0.25) is 5.91 Å². The van der Waals surface area contributed by atoms with Crippen LogP contribution in [0.5, 0.6) is 0 Å². The number of aryl methyl sites for hydroxylation is 1. The Morgan fingerprint density at radius 2 is 1.93 bits per heavy atom. The molecule has 1 aliphatic heterocycles. The molecule has 3 aromatic rings. The van der Waals surface area contributed by atoms with Crippen molar-refractivity contribution >= 4 is 34.0 Å². The van der Waals surface area contributed by atoms with Crippen LogP contribution in [0.3, 0.4) is 0 Å². The average molecular weight is 377 g/mol. The fourth-order valence-electron chi connectivity index (χ4n) is 3.23. The third-order valence-electron chi connectivity index (χ3n) is 4.69. The van der Waals surface area contributed by atoms with E-state index in [1.807, 2.05) is 48.7 Å². The second-order valence-corrected chi connectivity index (χ2v) is 7.48. The quantitative estimate of drug-likeness (QED) is 0.741. The van der Waals surface area contributed by atoms with E-state index < -0.39 is 0 Å². The fourth-order valence-corrected chi connectivity index (χ4v) is 3.94. The van der Waals surface area contributed by atoms with E-state index in [0.717, 1.165) is 28.9 Å². The highest BCUT2D eigenvalue weighted by molar-refractivity contribution is 7.14. The predicted octanol–water partition coefficient (Wildman–Crippen LogP) is 4.28. The summed E-state index contributed by atoms with van der Waals surface area (Å²) in [5, 5.41) is 5.38. The molecule has 0 unspecified atom stereocenters. The van der Waals surface area contributed by atoms with Crippen molar-refractivity contribution in [1.82, 2.24) is 4.98 Å². The summed E-state index contributed by atoms with van der Waals surface area (Å²) in [4.78, 5) is 30.5. The van der Waals surface area contributed by atoms with Crippen molar-refractivity contribution in [2.45, 2.75) is 20.3 Å². The van der Waals surface area contributed by atoms with Gasteiger partial charge in [0.05, 0.1) is 5.69 Å². The molecule has 0 bridgehead atoms. The molecule has 1 aromatic heterocycles. The van der Waals surface area contributed by atoms with Gasteiger partial charge >= 0.3 is 0 Å². The van der Waals surface area contributed by atoms with E-state index >= 15 is 0 Å². The van der Waals surface area contributed by atoms with E-state index in [-0.39, 0.29) is 11.8 Å². The molecule has 5 nitrogen and oxygen atoms in total. The van der Waals surface area contributed by atoms with Crippen LogP contribution in [-0.2, 0) is 11.2 Å². The second-order valence-electron chi connectivity index (χ2n) is 6.62. The van der Waals surface area contributed by atoms with Gasteiger partial charge in [0.25, 0.3) is 5.91 Å². The molecule has 6 heteroatoms. The van der Waals surface area contributed by atoms with Gasteiger partial charge in [-0.3, -0.25) is 14.9 Å². The number of nitrogens with one attached hydrogen (secondary N) is 1. The van der Waals surface area contributed by atoms with Crippen LogP contribution < -0.4 is 10.2 Å². The van der Waals surface area contributed by atoms with Gasteiger partial charge in [0.15, 0.2) is 5.13 Å². The lowest BCUT2D eigenvalue weighted by Gasteiger charge is -2.14. The molecule has 4 rings (SSSR count). The van der Waals surface area contributed by atoms with Gasteiger partial charge in [-0.15, -0.1) is 11.3 Å². The number of hydrogen-bond acceptors (Lipinski definition) is 4. The van der Waals surface area contributed by atoms with Crippen LogP contribution >= 0.6 is 11.3 Å². The number of nitrogens with zero attached hydrogens (tertiary/aromatic N) is 2. The molecule has 27 heavy (non-hydrogen) atoms. The summed E-state index contributed by atoms with van der Waals surface area (Å²) in [6, 6.07) is 13.6. The molecular formula is C21H19N3O2S. The first-order valence-corrected chi connectivity index (χ1v) is 9.64. The zero-order chi connectivity index (χ0) is 19.0. The lowest BCUT2D eigenvalue weighted by Crippen LogP contribution is -2.25. The van der Waals surface area contributed by atoms with E-state index in [4.69, 9.17) is 0 Å². The lowest BCUT2D eigenvalue weighted by molar-refractivity contribution is -0.116. The Balaban J connectivity index is 1.50. The minimum Gasteiger partial charge on any atom is -0.312 e. The third-order valence-corrected chi connectivity index (χ3v) is 5.45. The van der Waals surface area contributed by atoms with Crippen molar-refractivity contribution in [2.24, 2.45) is 0 Å². The SMILES string of the molecule is CC(=O)N1CCc2cc(C(=O)Nc3nc(-c4ccc(C)cc4)cs3)ccc21. The highest BCUT2D eigenvalue weighted by Crippen LogP contribution is 2.30. The van der Waals surface area contributed by atoms with Gasteiger partial charge in [-0.2, -0.15) is 0 Å². The molecule has 0 saturated heterocycles. The molecule has 0 atom stereocenters. The number of anilines is 2. The molecule has 1 aliphatic rings. The minimum atomic E-state index is -0.191. The maximum atomic E-state index is 12.6. The van der Waals surface area contributed by atoms with Gasteiger partial charge in [0, 0.05) is 35.7 Å². The van der Waals surface area contributed by atoms with Crippen LogP contribution in [0, 0.1) is 6.92 Å². The monoisotopic (exact) mass is 377 g/mol. The van der Waals surface area contributed by atoms with Gasteiger partial charge < -0.3 is 4.90 Å². The largest absolute Gasteiger partial charge is 0.312 e. The first kappa shape index (κ1) is 17.4. The van der Waals surface area contributed by atoms with E-state index in [9.17, 15) is 9.59 Å². The van der Waals surface area contributed by atoms with E-state index in [2.05, 4.69) is 10.3 Å². The molecule has 2 amide bonds. The van der Waals surface area contributed by atoms with Crippen molar-refractivity contribution in [3.63, 3.8) is 0 Å². The molecule has 0 radical (unpaired) electrons. The maximum absolute atomic E-state index is 12.6. The van der Waals surface area contributed by atoms with Crippen LogP contribution in [0.15, 0.2) is 47.8 Å². The van der Waals surface area contributed by atoms with Crippen molar-refractivity contribution in [2.75, 3.05) is 16.8 Å². The standard InChI is InChI=1S/C21H19N3O2S/c1-13-3-5-15(6-4-13)18-12-27-21(22-18)23-20(26)17-7-8-19-16(11-17)9-10-24(19)14(2)25/h3-8,11-12H,9-10H2,1-2H3,(H,22,23,26). The number of rotatable bonds is 3. The molecule has 2 aromatic carbocycles. The van der Waals surface area contributed by atoms with Crippen molar-refractivity contribution in [3.8, 4) is 11.3 Å². The maximum Gasteiger partial charge on any atom is 0.257 e. The second kappa shape index (κ2) is 6.96. The Morgan fingerprint density at radius 1 is 1.15 bits per heavy atom. The summed E-state index contributed by atoms with van der Waals surface area (Å²) in [6.45, 7) is 4.27. The van der Waals surface area contributed by atoms with Gasteiger partial charge in [-0.25, -0.2) is 4.98 Å². The number of fused-ring (bicyclic) bond motifs is 1. The highest BCUT2D eigenvalue weighted by Gasteiger charge is 2.23. The topological polar surface area (TPSA) is 62.3 Å². The zero-order valence-corrected chi connectivity index (χ0v) is 16.0. The molecular weight excluding hydrogens is 358 g/mol. The normalized spacial score (nSPS) is 12.7. The number of hydrogen-bond donors (Lipinski definition) is 1. The van der Waals surface area contributed by atoms with E-state index in [0.29, 0.717) is 17.2 Å². The predicted molar refractivity (Wildman–Crippen MR) is 108 cm³/mol. The zero-order valence-electron chi connectivity index (χ0n) is 15.2. The van der Waals surface area contributed by atoms with Crippen molar-refractivity contribution in [3.05, 3.63) is 64.5 Å². The molecule has 136 valence electrons. The number of carbonyl (C=O) groups is 2. The Kier molecular flexibility index (Phi) is 4.49. The Hall–Kier alpha value is -2.99. The molecule has 1 N–H and O–H groups in total. The molecule has 0 aliphatic carbocycles. The number of benzene rings is 2. The molecule has 0 saturated carbocycles. The van der Waals surface area contributed by atoms with Gasteiger partial charge in [0.1, 0.15) is 0 Å². The number of thiazole rings is 1. The van der Waals surface area contributed by atoms with Crippen molar-refractivity contribution < 1.29 is 9.59 Å². The number of amides is 2. The fraction of sp³-hybridized carbons (Fsp3) is 0.190. The summed E-state index contributed by atoms with van der Waals surface area (Å²) in [5.41, 5.74) is 5.57. The van der Waals surface area contributed by atoms with Crippen LogP contribution in [0.2, 0.25) is 0 Å². The van der Waals surface area contributed by atoms with E-state index in [1.54, 1.807) is 17.9 Å². The third kappa shape index (κ3) is 3.48. The Bertz CT molecular complexity index is 1020. The summed E-state index contributed by atoms with van der Waals surface area (Å²) in [6.07, 6.45) is 0.769. The van der Waals surface area contributed by atoms with Crippen LogP contribution in [-0.4, -0.2) is 23.3 Å². The summed E-state index contributed by atoms with van der Waals surface area (Å²) < 4.78 is 0. The summed E-state index contributed by atoms with van der Waals surface area (Å²) in [7, 11) is 0. The first-order valence-electron chi connectivity index (χ1n) is 8.76. The first-order chi connectivity index (χ1) is 13.0. The summed E-state index contributed by atoms with van der Waals surface area (Å²) in [5.74, 6) is -0.166. The molecule has 2 heterocycles. The molecule has 0 spiro atoms. The Morgan fingerprint density at radius 3 is 2.67 bits per heavy atom. The average Bonchev–Trinajstić information content (AvgIpc) is 3.28.